The fourth-order valence-electron chi connectivity index (χ4n) is 4.47. The van der Waals surface area contributed by atoms with Crippen molar-refractivity contribution in [1.82, 2.24) is 0 Å². The third-order valence-electron chi connectivity index (χ3n) is 7.78. The number of hydrogen-bond acceptors (Lipinski definition) is 2. The molecule has 0 fully saturated rings. The Hall–Kier alpha value is -0.300. The maximum atomic E-state index is 9.30. The zero-order valence-corrected chi connectivity index (χ0v) is 26.8. The second kappa shape index (κ2) is 21.9. The predicted octanol–water partition coefficient (Wildman–Crippen LogP) is 0.877. The molecule has 0 saturated carbocycles. The first-order chi connectivity index (χ1) is 15.3. The summed E-state index contributed by atoms with van der Waals surface area (Å²) in [7, 11) is 0. The van der Waals surface area contributed by atoms with Gasteiger partial charge >= 0.3 is 0 Å². The van der Waals surface area contributed by atoms with Gasteiger partial charge in [-0.05, 0) is 85.1 Å². The van der Waals surface area contributed by atoms with Crippen LogP contribution in [0.3, 0.4) is 0 Å². The number of aromatic hydroxyl groups is 1. The number of halogens is 2. The molecule has 204 valence electrons. The molecule has 0 bridgehead atoms. The minimum atomic E-state index is 0. The Morgan fingerprint density at radius 1 is 0.676 bits per heavy atom. The van der Waals surface area contributed by atoms with Crippen molar-refractivity contribution in [3.05, 3.63) is 24.3 Å². The van der Waals surface area contributed by atoms with Crippen molar-refractivity contribution in [2.24, 2.45) is 0 Å². The first-order valence-electron chi connectivity index (χ1n) is 13.5. The SMILES string of the molecule is CCC(CC[N+](CC)(CC)CC)Oc1ccc(O)cc1.CCCCC[N+](CC)(CC)CC.[Br-].[Br-]. The molecule has 0 aliphatic heterocycles. The molecule has 4 nitrogen and oxygen atoms in total. The number of phenols is 1. The van der Waals surface area contributed by atoms with Gasteiger partial charge in [-0.2, -0.15) is 0 Å². The lowest BCUT2D eigenvalue weighted by molar-refractivity contribution is -0.923. The van der Waals surface area contributed by atoms with Crippen LogP contribution in [0.15, 0.2) is 24.3 Å². The maximum Gasteiger partial charge on any atom is 0.119 e. The lowest BCUT2D eigenvalue weighted by atomic mass is 10.1. The number of hydrogen-bond donors (Lipinski definition) is 1. The van der Waals surface area contributed by atoms with Crippen LogP contribution in [0.25, 0.3) is 0 Å². The largest absolute Gasteiger partial charge is 1.00 e. The smallest absolute Gasteiger partial charge is 0.119 e. The lowest BCUT2D eigenvalue weighted by Gasteiger charge is -2.36. The summed E-state index contributed by atoms with van der Waals surface area (Å²) in [5.41, 5.74) is 0. The molecule has 0 spiro atoms. The summed E-state index contributed by atoms with van der Waals surface area (Å²) in [6.07, 6.45) is 6.50. The van der Waals surface area contributed by atoms with E-state index in [-0.39, 0.29) is 45.8 Å². The van der Waals surface area contributed by atoms with Gasteiger partial charge in [0.1, 0.15) is 17.6 Å². The lowest BCUT2D eigenvalue weighted by Crippen LogP contribution is -3.00. The molecule has 0 heterocycles. The number of rotatable bonds is 16. The molecule has 0 saturated heterocycles. The molecule has 0 amide bonds. The number of ether oxygens (including phenoxy) is 1. The van der Waals surface area contributed by atoms with Gasteiger partial charge in [0.25, 0.3) is 0 Å². The van der Waals surface area contributed by atoms with Crippen molar-refractivity contribution in [1.29, 1.82) is 0 Å². The van der Waals surface area contributed by atoms with Crippen LogP contribution in [0.4, 0.5) is 0 Å². The van der Waals surface area contributed by atoms with Gasteiger partial charge in [-0.25, -0.2) is 0 Å². The van der Waals surface area contributed by atoms with Crippen LogP contribution in [-0.2, 0) is 0 Å². The average molecular weight is 613 g/mol. The summed E-state index contributed by atoms with van der Waals surface area (Å²) in [5.74, 6) is 1.13. The van der Waals surface area contributed by atoms with Crippen LogP contribution >= 0.6 is 0 Å². The van der Waals surface area contributed by atoms with Crippen molar-refractivity contribution in [3.63, 3.8) is 0 Å². The van der Waals surface area contributed by atoms with E-state index >= 15 is 0 Å². The highest BCUT2D eigenvalue weighted by Crippen LogP contribution is 2.20. The number of quaternary nitrogens is 2. The summed E-state index contributed by atoms with van der Waals surface area (Å²) in [4.78, 5) is 0. The minimum Gasteiger partial charge on any atom is -1.00 e. The summed E-state index contributed by atoms with van der Waals surface area (Å²) < 4.78 is 8.51. The maximum absolute atomic E-state index is 9.30. The summed E-state index contributed by atoms with van der Waals surface area (Å²) >= 11 is 0. The first kappa shape index (κ1) is 38.2. The molecule has 1 unspecified atom stereocenters. The van der Waals surface area contributed by atoms with Gasteiger partial charge in [0.15, 0.2) is 0 Å². The molecule has 1 N–H and O–H groups in total. The minimum absolute atomic E-state index is 0. The molecule has 1 rings (SSSR count). The third-order valence-corrected chi connectivity index (χ3v) is 7.78. The highest BCUT2D eigenvalue weighted by Gasteiger charge is 2.23. The Kier molecular flexibility index (Phi) is 24.7. The van der Waals surface area contributed by atoms with Gasteiger partial charge in [0.05, 0.1) is 52.4 Å². The molecule has 0 radical (unpaired) electrons. The number of phenolic OH excluding ortho intramolecular Hbond substituents is 1. The van der Waals surface area contributed by atoms with E-state index in [0.29, 0.717) is 0 Å². The third kappa shape index (κ3) is 14.3. The highest BCUT2D eigenvalue weighted by molar-refractivity contribution is 5.30. The Balaban J connectivity index is -0.000000598. The molecule has 1 aromatic rings. The van der Waals surface area contributed by atoms with E-state index in [2.05, 4.69) is 55.4 Å². The Morgan fingerprint density at radius 3 is 1.50 bits per heavy atom. The molecule has 0 aliphatic carbocycles. The number of benzene rings is 1. The van der Waals surface area contributed by atoms with E-state index in [4.69, 9.17) is 4.74 Å². The van der Waals surface area contributed by atoms with Gasteiger partial charge in [0.2, 0.25) is 0 Å². The fourth-order valence-corrected chi connectivity index (χ4v) is 4.47. The molecule has 0 aliphatic rings. The molecule has 1 aromatic carbocycles. The van der Waals surface area contributed by atoms with E-state index in [1.807, 2.05) is 12.1 Å². The van der Waals surface area contributed by atoms with E-state index < -0.39 is 0 Å². The van der Waals surface area contributed by atoms with Gasteiger partial charge < -0.3 is 52.8 Å². The zero-order valence-electron chi connectivity index (χ0n) is 23.6. The molecular weight excluding hydrogens is 556 g/mol. The van der Waals surface area contributed by atoms with Gasteiger partial charge in [0, 0.05) is 6.42 Å². The quantitative estimate of drug-likeness (QED) is 0.222. The van der Waals surface area contributed by atoms with Crippen LogP contribution in [-0.4, -0.2) is 72.5 Å². The Labute approximate surface area is 233 Å². The van der Waals surface area contributed by atoms with Crippen LogP contribution < -0.4 is 38.7 Å². The van der Waals surface area contributed by atoms with Crippen LogP contribution in [0, 0.1) is 0 Å². The second-order valence-corrected chi connectivity index (χ2v) is 9.17. The van der Waals surface area contributed by atoms with Crippen molar-refractivity contribution in [3.8, 4) is 11.5 Å². The standard InChI is InChI=1S/C17H29NO2.C11H26N.2BrH/c1-5-16(13-14-18(6-2,7-3)8-4)20-17-11-9-15(19)10-12-17;1-5-9-10-11-12(6-2,7-3)8-4;;/h9-12,16H,5-8,13-14H2,1-4H3;5-11H2,1-4H3;2*1H/q;+1;;/p-1. The average Bonchev–Trinajstić information content (AvgIpc) is 2.84. The van der Waals surface area contributed by atoms with Crippen molar-refractivity contribution >= 4 is 0 Å². The van der Waals surface area contributed by atoms with Crippen molar-refractivity contribution < 1.29 is 52.8 Å². The fraction of sp³-hybridized carbons (Fsp3) is 0.786. The number of unbranched alkanes of at least 4 members (excludes halogenated alkanes) is 2. The molecule has 0 aromatic heterocycles. The summed E-state index contributed by atoms with van der Waals surface area (Å²) in [6, 6.07) is 7.01. The monoisotopic (exact) mass is 610 g/mol. The zero-order chi connectivity index (χ0) is 24.5. The topological polar surface area (TPSA) is 29.5 Å². The van der Waals surface area contributed by atoms with E-state index in [9.17, 15) is 5.11 Å². The van der Waals surface area contributed by atoms with E-state index in [0.717, 1.165) is 23.1 Å². The first-order valence-corrected chi connectivity index (χ1v) is 13.5. The highest BCUT2D eigenvalue weighted by atomic mass is 79.9. The van der Waals surface area contributed by atoms with Crippen LogP contribution in [0.1, 0.15) is 87.5 Å². The molecule has 34 heavy (non-hydrogen) atoms. The van der Waals surface area contributed by atoms with Crippen LogP contribution in [0.2, 0.25) is 0 Å². The Morgan fingerprint density at radius 2 is 1.12 bits per heavy atom. The molecular formula is C28H56Br2N2O2. The van der Waals surface area contributed by atoms with E-state index in [1.165, 1.54) is 76.1 Å². The number of nitrogens with zero attached hydrogens (tertiary/aromatic N) is 2. The van der Waals surface area contributed by atoms with Crippen molar-refractivity contribution in [2.75, 3.05) is 52.4 Å². The van der Waals surface area contributed by atoms with Crippen LogP contribution in [0.5, 0.6) is 11.5 Å². The Bertz CT molecular complexity index is 546. The molecule has 6 heteroatoms. The predicted molar refractivity (Wildman–Crippen MR) is 140 cm³/mol. The second-order valence-electron chi connectivity index (χ2n) is 9.17. The summed E-state index contributed by atoms with van der Waals surface area (Å²) in [5, 5.41) is 9.30. The van der Waals surface area contributed by atoms with Gasteiger partial charge in [-0.15, -0.1) is 0 Å². The van der Waals surface area contributed by atoms with Crippen molar-refractivity contribution in [2.45, 2.75) is 93.6 Å². The van der Waals surface area contributed by atoms with Gasteiger partial charge in [-0.1, -0.05) is 20.3 Å². The van der Waals surface area contributed by atoms with Gasteiger partial charge in [-0.3, -0.25) is 0 Å². The summed E-state index contributed by atoms with van der Waals surface area (Å²) in [6.45, 7) is 28.2. The normalized spacial score (nSPS) is 12.0. The van der Waals surface area contributed by atoms with E-state index in [1.54, 1.807) is 12.1 Å². The molecule has 1 atom stereocenters.